The predicted molar refractivity (Wildman–Crippen MR) is 52.0 cm³/mol. The zero-order valence-corrected chi connectivity index (χ0v) is 8.12. The first-order chi connectivity index (χ1) is 6.22. The molecule has 0 aliphatic rings. The zero-order chi connectivity index (χ0) is 9.68. The Balaban J connectivity index is 2.45. The number of rotatable bonds is 4. The highest BCUT2D eigenvalue weighted by Gasteiger charge is 1.97. The monoisotopic (exact) mass is 177 g/mol. The zero-order valence-electron chi connectivity index (χ0n) is 8.12. The van der Waals surface area contributed by atoms with Crippen molar-refractivity contribution in [3.05, 3.63) is 24.0 Å². The Morgan fingerprint density at radius 3 is 3.00 bits per heavy atom. The Morgan fingerprint density at radius 2 is 2.38 bits per heavy atom. The SMILES string of the molecule is CC(C)NCc1ccn(CC#N)c1. The molecule has 0 fully saturated rings. The molecule has 0 aliphatic carbocycles. The molecule has 0 aromatic carbocycles. The third-order valence-corrected chi connectivity index (χ3v) is 1.78. The fourth-order valence-corrected chi connectivity index (χ4v) is 1.10. The fraction of sp³-hybridized carbons (Fsp3) is 0.500. The van der Waals surface area contributed by atoms with Crippen molar-refractivity contribution in [3.8, 4) is 6.07 Å². The molecule has 0 atom stereocenters. The van der Waals surface area contributed by atoms with E-state index in [1.165, 1.54) is 5.56 Å². The Hall–Kier alpha value is -1.27. The summed E-state index contributed by atoms with van der Waals surface area (Å²) in [5.74, 6) is 0. The summed E-state index contributed by atoms with van der Waals surface area (Å²) in [5, 5.41) is 11.8. The first kappa shape index (κ1) is 9.82. The van der Waals surface area contributed by atoms with E-state index < -0.39 is 0 Å². The van der Waals surface area contributed by atoms with Gasteiger partial charge in [0.2, 0.25) is 0 Å². The quantitative estimate of drug-likeness (QED) is 0.757. The molecule has 0 bridgehead atoms. The van der Waals surface area contributed by atoms with Gasteiger partial charge in [0.1, 0.15) is 6.54 Å². The maximum atomic E-state index is 8.46. The summed E-state index contributed by atoms with van der Waals surface area (Å²) < 4.78 is 1.89. The lowest BCUT2D eigenvalue weighted by atomic mass is 10.3. The molecule has 0 spiro atoms. The molecule has 0 unspecified atom stereocenters. The summed E-state index contributed by atoms with van der Waals surface area (Å²) in [7, 11) is 0. The van der Waals surface area contributed by atoms with E-state index in [0.717, 1.165) is 6.54 Å². The lowest BCUT2D eigenvalue weighted by Gasteiger charge is -2.05. The van der Waals surface area contributed by atoms with Gasteiger partial charge in [0.25, 0.3) is 0 Å². The maximum absolute atomic E-state index is 8.46. The number of aromatic nitrogens is 1. The van der Waals surface area contributed by atoms with Crippen molar-refractivity contribution in [3.63, 3.8) is 0 Å². The van der Waals surface area contributed by atoms with Crippen LogP contribution in [-0.2, 0) is 13.1 Å². The van der Waals surface area contributed by atoms with Crippen molar-refractivity contribution in [1.82, 2.24) is 9.88 Å². The van der Waals surface area contributed by atoms with Crippen LogP contribution in [-0.4, -0.2) is 10.6 Å². The van der Waals surface area contributed by atoms with E-state index in [-0.39, 0.29) is 0 Å². The minimum Gasteiger partial charge on any atom is -0.340 e. The molecule has 0 radical (unpaired) electrons. The van der Waals surface area contributed by atoms with E-state index in [4.69, 9.17) is 5.26 Å². The number of nitriles is 1. The van der Waals surface area contributed by atoms with Crippen LogP contribution in [0.25, 0.3) is 0 Å². The van der Waals surface area contributed by atoms with E-state index in [9.17, 15) is 0 Å². The molecule has 13 heavy (non-hydrogen) atoms. The second kappa shape index (κ2) is 4.68. The fourth-order valence-electron chi connectivity index (χ4n) is 1.10. The molecule has 70 valence electrons. The van der Waals surface area contributed by atoms with Gasteiger partial charge in [-0.15, -0.1) is 0 Å². The van der Waals surface area contributed by atoms with Crippen molar-refractivity contribution in [2.45, 2.75) is 33.0 Å². The average Bonchev–Trinajstić information content (AvgIpc) is 2.50. The molecule has 3 nitrogen and oxygen atoms in total. The van der Waals surface area contributed by atoms with Gasteiger partial charge in [0.05, 0.1) is 6.07 Å². The molecule has 1 N–H and O–H groups in total. The molecule has 0 saturated heterocycles. The van der Waals surface area contributed by atoms with Crippen molar-refractivity contribution < 1.29 is 0 Å². The van der Waals surface area contributed by atoms with Gasteiger partial charge in [-0.3, -0.25) is 0 Å². The Bertz CT molecular complexity index is 293. The Kier molecular flexibility index (Phi) is 3.53. The first-order valence-electron chi connectivity index (χ1n) is 4.47. The maximum Gasteiger partial charge on any atom is 0.109 e. The van der Waals surface area contributed by atoms with Gasteiger partial charge >= 0.3 is 0 Å². The van der Waals surface area contributed by atoms with Crippen LogP contribution in [0.15, 0.2) is 18.5 Å². The van der Waals surface area contributed by atoms with Crippen molar-refractivity contribution in [2.75, 3.05) is 0 Å². The van der Waals surface area contributed by atoms with Gasteiger partial charge < -0.3 is 9.88 Å². The van der Waals surface area contributed by atoms with Gasteiger partial charge in [-0.2, -0.15) is 5.26 Å². The van der Waals surface area contributed by atoms with Crippen LogP contribution in [0.2, 0.25) is 0 Å². The summed E-state index contributed by atoms with van der Waals surface area (Å²) in [6.07, 6.45) is 3.93. The summed E-state index contributed by atoms with van der Waals surface area (Å²) in [5.41, 5.74) is 1.23. The third kappa shape index (κ3) is 3.30. The smallest absolute Gasteiger partial charge is 0.109 e. The third-order valence-electron chi connectivity index (χ3n) is 1.78. The van der Waals surface area contributed by atoms with E-state index in [1.54, 1.807) is 0 Å². The highest BCUT2D eigenvalue weighted by atomic mass is 14.9. The highest BCUT2D eigenvalue weighted by molar-refractivity contribution is 5.10. The van der Waals surface area contributed by atoms with Gasteiger partial charge in [0.15, 0.2) is 0 Å². The molecule has 1 rings (SSSR count). The summed E-state index contributed by atoms with van der Waals surface area (Å²) >= 11 is 0. The molecule has 3 heteroatoms. The first-order valence-corrected chi connectivity index (χ1v) is 4.47. The van der Waals surface area contributed by atoms with Crippen LogP contribution < -0.4 is 5.32 Å². The predicted octanol–water partition coefficient (Wildman–Crippen LogP) is 1.51. The second-order valence-corrected chi connectivity index (χ2v) is 3.39. The molecule has 1 aromatic rings. The second-order valence-electron chi connectivity index (χ2n) is 3.39. The Labute approximate surface area is 79.0 Å². The van der Waals surface area contributed by atoms with Gasteiger partial charge in [0, 0.05) is 25.0 Å². The van der Waals surface area contributed by atoms with Gasteiger partial charge in [-0.05, 0) is 11.6 Å². The summed E-state index contributed by atoms with van der Waals surface area (Å²) in [4.78, 5) is 0. The lowest BCUT2D eigenvalue weighted by molar-refractivity contribution is 0.588. The average molecular weight is 177 g/mol. The van der Waals surface area contributed by atoms with Crippen LogP contribution in [0.3, 0.4) is 0 Å². The van der Waals surface area contributed by atoms with E-state index in [0.29, 0.717) is 12.6 Å². The van der Waals surface area contributed by atoms with Crippen molar-refractivity contribution in [2.24, 2.45) is 0 Å². The van der Waals surface area contributed by atoms with Crippen LogP contribution in [0, 0.1) is 11.3 Å². The van der Waals surface area contributed by atoms with Crippen molar-refractivity contribution >= 4 is 0 Å². The molecule has 0 aliphatic heterocycles. The number of hydrogen-bond donors (Lipinski definition) is 1. The van der Waals surface area contributed by atoms with Crippen LogP contribution >= 0.6 is 0 Å². The summed E-state index contributed by atoms with van der Waals surface area (Å²) in [6, 6.07) is 4.64. The summed E-state index contributed by atoms with van der Waals surface area (Å²) in [6.45, 7) is 5.54. The minimum absolute atomic E-state index is 0.432. The standard InChI is InChI=1S/C10H15N3/c1-9(2)12-7-10-3-5-13(8-10)6-4-11/h3,5,8-9,12H,6-7H2,1-2H3. The molecule has 1 heterocycles. The van der Waals surface area contributed by atoms with E-state index in [2.05, 4.69) is 25.2 Å². The topological polar surface area (TPSA) is 40.8 Å². The van der Waals surface area contributed by atoms with Crippen molar-refractivity contribution in [1.29, 1.82) is 5.26 Å². The van der Waals surface area contributed by atoms with Crippen LogP contribution in [0.4, 0.5) is 0 Å². The lowest BCUT2D eigenvalue weighted by Crippen LogP contribution is -2.21. The Morgan fingerprint density at radius 1 is 1.62 bits per heavy atom. The van der Waals surface area contributed by atoms with Gasteiger partial charge in [-0.1, -0.05) is 13.8 Å². The van der Waals surface area contributed by atoms with Crippen LogP contribution in [0.1, 0.15) is 19.4 Å². The molecule has 1 aromatic heterocycles. The largest absolute Gasteiger partial charge is 0.340 e. The highest BCUT2D eigenvalue weighted by Crippen LogP contribution is 2.00. The van der Waals surface area contributed by atoms with Gasteiger partial charge in [-0.25, -0.2) is 0 Å². The molecular formula is C10H15N3. The van der Waals surface area contributed by atoms with E-state index in [1.807, 2.05) is 23.0 Å². The van der Waals surface area contributed by atoms with E-state index >= 15 is 0 Å². The number of nitrogens with zero attached hydrogens (tertiary/aromatic N) is 2. The number of nitrogens with one attached hydrogen (secondary N) is 1. The molecule has 0 amide bonds. The normalized spacial score (nSPS) is 10.3. The number of hydrogen-bond acceptors (Lipinski definition) is 2. The molecule has 0 saturated carbocycles. The minimum atomic E-state index is 0.432. The van der Waals surface area contributed by atoms with Crippen LogP contribution in [0.5, 0.6) is 0 Å². The molecular weight excluding hydrogens is 162 g/mol.